The van der Waals surface area contributed by atoms with Gasteiger partial charge in [-0.1, -0.05) is 13.0 Å². The summed E-state index contributed by atoms with van der Waals surface area (Å²) in [7, 11) is -3.67. The highest BCUT2D eigenvalue weighted by Gasteiger charge is 2.17. The minimum Gasteiger partial charge on any atom is -0.313 e. The maximum absolute atomic E-state index is 12.1. The monoisotopic (exact) mass is 312 g/mol. The lowest BCUT2D eigenvalue weighted by Crippen LogP contribution is -2.15. The number of nitrogens with one attached hydrogen (secondary N) is 2. The number of rotatable bonds is 6. The highest BCUT2D eigenvalue weighted by Crippen LogP contribution is 2.18. The fraction of sp³-hybridized carbons (Fsp3) is 0.333. The summed E-state index contributed by atoms with van der Waals surface area (Å²) >= 11 is 1.25. The molecule has 0 radical (unpaired) electrons. The van der Waals surface area contributed by atoms with Crippen molar-refractivity contribution in [1.82, 2.24) is 15.3 Å². The largest absolute Gasteiger partial charge is 0.313 e. The zero-order valence-corrected chi connectivity index (χ0v) is 12.9. The number of anilines is 1. The number of pyridine rings is 1. The minimum atomic E-state index is -3.67. The molecule has 0 fully saturated rings. The van der Waals surface area contributed by atoms with Gasteiger partial charge in [-0.3, -0.25) is 4.72 Å². The molecule has 0 aliphatic carbocycles. The van der Waals surface area contributed by atoms with Gasteiger partial charge in [-0.05, 0) is 25.1 Å². The van der Waals surface area contributed by atoms with E-state index >= 15 is 0 Å². The van der Waals surface area contributed by atoms with Gasteiger partial charge in [0.25, 0.3) is 10.0 Å². The summed E-state index contributed by atoms with van der Waals surface area (Å²) in [4.78, 5) is 8.06. The van der Waals surface area contributed by atoms with Gasteiger partial charge in [0, 0.05) is 18.1 Å². The zero-order chi connectivity index (χ0) is 14.6. The lowest BCUT2D eigenvalue weighted by atomic mass is 10.3. The third-order valence-electron chi connectivity index (χ3n) is 2.49. The summed E-state index contributed by atoms with van der Waals surface area (Å²) in [6.45, 7) is 5.34. The molecule has 6 nitrogen and oxygen atoms in total. The van der Waals surface area contributed by atoms with Gasteiger partial charge >= 0.3 is 0 Å². The van der Waals surface area contributed by atoms with Crippen LogP contribution in [0.3, 0.4) is 0 Å². The molecule has 2 rings (SSSR count). The summed E-state index contributed by atoms with van der Waals surface area (Å²) in [6, 6.07) is 3.24. The molecule has 0 spiro atoms. The molecule has 2 aromatic heterocycles. The quantitative estimate of drug-likeness (QED) is 0.849. The van der Waals surface area contributed by atoms with E-state index in [1.165, 1.54) is 17.4 Å². The maximum atomic E-state index is 12.1. The van der Waals surface area contributed by atoms with Crippen LogP contribution in [0.25, 0.3) is 0 Å². The van der Waals surface area contributed by atoms with Gasteiger partial charge in [0.15, 0.2) is 10.2 Å². The van der Waals surface area contributed by atoms with Gasteiger partial charge in [0.05, 0.1) is 5.69 Å². The standard InChI is InChI=1S/C12H16N4O2S2/c1-3-13-6-10-4-5-11(14-7-10)20(17,18)16-12-15-9(2)8-19-12/h4-5,7-8,13H,3,6H2,1-2H3,(H,15,16). The fourth-order valence-electron chi connectivity index (χ4n) is 1.51. The topological polar surface area (TPSA) is 84.0 Å². The van der Waals surface area contributed by atoms with Crippen LogP contribution >= 0.6 is 11.3 Å². The number of sulfonamides is 1. The normalized spacial score (nSPS) is 11.5. The van der Waals surface area contributed by atoms with Gasteiger partial charge < -0.3 is 5.32 Å². The second-order valence-corrected chi connectivity index (χ2v) is 6.67. The Morgan fingerprint density at radius 3 is 2.70 bits per heavy atom. The molecule has 2 aromatic rings. The molecular weight excluding hydrogens is 296 g/mol. The molecule has 0 unspecified atom stereocenters. The van der Waals surface area contributed by atoms with Crippen LogP contribution in [0.1, 0.15) is 18.2 Å². The summed E-state index contributed by atoms with van der Waals surface area (Å²) < 4.78 is 26.6. The molecule has 20 heavy (non-hydrogen) atoms. The van der Waals surface area contributed by atoms with E-state index in [0.717, 1.165) is 17.8 Å². The first-order chi connectivity index (χ1) is 9.51. The Morgan fingerprint density at radius 2 is 2.15 bits per heavy atom. The average molecular weight is 312 g/mol. The maximum Gasteiger partial charge on any atom is 0.281 e. The summed E-state index contributed by atoms with van der Waals surface area (Å²) in [5, 5.41) is 5.27. The molecule has 0 atom stereocenters. The molecule has 2 N–H and O–H groups in total. The Bertz CT molecular complexity index is 665. The van der Waals surface area contributed by atoms with Crippen LogP contribution in [-0.2, 0) is 16.6 Å². The second-order valence-electron chi connectivity index (χ2n) is 4.18. The predicted octanol–water partition coefficient (Wildman–Crippen LogP) is 1.76. The van der Waals surface area contributed by atoms with Crippen LogP contribution in [0.4, 0.5) is 5.13 Å². The molecule has 108 valence electrons. The van der Waals surface area contributed by atoms with E-state index in [1.807, 2.05) is 13.8 Å². The van der Waals surface area contributed by atoms with E-state index in [9.17, 15) is 8.42 Å². The van der Waals surface area contributed by atoms with Gasteiger partial charge in [0.2, 0.25) is 0 Å². The summed E-state index contributed by atoms with van der Waals surface area (Å²) in [5.41, 5.74) is 1.72. The Kier molecular flexibility index (Phi) is 4.69. The van der Waals surface area contributed by atoms with Gasteiger partial charge in [0.1, 0.15) is 0 Å². The van der Waals surface area contributed by atoms with Crippen molar-refractivity contribution in [1.29, 1.82) is 0 Å². The first kappa shape index (κ1) is 14.9. The molecule has 2 heterocycles. The highest BCUT2D eigenvalue weighted by molar-refractivity contribution is 7.92. The Morgan fingerprint density at radius 1 is 1.35 bits per heavy atom. The molecular formula is C12H16N4O2S2. The molecule has 0 amide bonds. The van der Waals surface area contributed by atoms with Crippen LogP contribution in [0.15, 0.2) is 28.7 Å². The first-order valence-electron chi connectivity index (χ1n) is 6.12. The number of hydrogen-bond donors (Lipinski definition) is 2. The Balaban J connectivity index is 2.13. The molecule has 0 aliphatic rings. The van der Waals surface area contributed by atoms with Crippen molar-refractivity contribution >= 4 is 26.5 Å². The summed E-state index contributed by atoms with van der Waals surface area (Å²) in [6.07, 6.45) is 1.56. The Labute approximate surface area is 122 Å². The van der Waals surface area contributed by atoms with E-state index in [1.54, 1.807) is 17.6 Å². The molecule has 0 saturated heterocycles. The van der Waals surface area contributed by atoms with Crippen LogP contribution in [0.5, 0.6) is 0 Å². The first-order valence-corrected chi connectivity index (χ1v) is 8.48. The third-order valence-corrected chi connectivity index (χ3v) is 4.75. The number of aromatic nitrogens is 2. The van der Waals surface area contributed by atoms with Crippen molar-refractivity contribution < 1.29 is 8.42 Å². The lowest BCUT2D eigenvalue weighted by Gasteiger charge is -2.06. The Hall–Kier alpha value is -1.51. The van der Waals surface area contributed by atoms with Gasteiger partial charge in [-0.25, -0.2) is 9.97 Å². The number of thiazole rings is 1. The third kappa shape index (κ3) is 3.75. The van der Waals surface area contributed by atoms with E-state index in [2.05, 4.69) is 20.0 Å². The van der Waals surface area contributed by atoms with E-state index in [0.29, 0.717) is 11.7 Å². The van der Waals surface area contributed by atoms with E-state index < -0.39 is 10.0 Å². The van der Waals surface area contributed by atoms with E-state index in [4.69, 9.17) is 0 Å². The van der Waals surface area contributed by atoms with Crippen molar-refractivity contribution in [2.24, 2.45) is 0 Å². The van der Waals surface area contributed by atoms with Crippen molar-refractivity contribution in [2.45, 2.75) is 25.4 Å². The van der Waals surface area contributed by atoms with Crippen LogP contribution < -0.4 is 10.0 Å². The van der Waals surface area contributed by atoms with Crippen LogP contribution in [0.2, 0.25) is 0 Å². The van der Waals surface area contributed by atoms with Crippen LogP contribution in [-0.4, -0.2) is 24.9 Å². The lowest BCUT2D eigenvalue weighted by molar-refractivity contribution is 0.597. The molecule has 8 heteroatoms. The van der Waals surface area contributed by atoms with E-state index in [-0.39, 0.29) is 5.03 Å². The molecule has 0 aliphatic heterocycles. The number of aryl methyl sites for hydroxylation is 1. The van der Waals surface area contributed by atoms with Gasteiger partial charge in [-0.2, -0.15) is 8.42 Å². The molecule has 0 aromatic carbocycles. The average Bonchev–Trinajstić information content (AvgIpc) is 2.81. The zero-order valence-electron chi connectivity index (χ0n) is 11.3. The smallest absolute Gasteiger partial charge is 0.281 e. The number of hydrogen-bond acceptors (Lipinski definition) is 6. The SMILES string of the molecule is CCNCc1ccc(S(=O)(=O)Nc2nc(C)cs2)nc1. The predicted molar refractivity (Wildman–Crippen MR) is 79.3 cm³/mol. The van der Waals surface area contributed by atoms with Crippen molar-refractivity contribution in [2.75, 3.05) is 11.3 Å². The fourth-order valence-corrected chi connectivity index (χ4v) is 3.38. The minimum absolute atomic E-state index is 0.00870. The molecule has 0 bridgehead atoms. The van der Waals surface area contributed by atoms with Crippen molar-refractivity contribution in [3.05, 3.63) is 35.0 Å². The van der Waals surface area contributed by atoms with Crippen molar-refractivity contribution in [3.8, 4) is 0 Å². The van der Waals surface area contributed by atoms with Crippen molar-refractivity contribution in [3.63, 3.8) is 0 Å². The highest BCUT2D eigenvalue weighted by atomic mass is 32.2. The number of nitrogens with zero attached hydrogens (tertiary/aromatic N) is 2. The van der Waals surface area contributed by atoms with Gasteiger partial charge in [-0.15, -0.1) is 11.3 Å². The summed E-state index contributed by atoms with van der Waals surface area (Å²) in [5.74, 6) is 0. The second kappa shape index (κ2) is 6.29. The molecule has 0 saturated carbocycles. The van der Waals surface area contributed by atoms with Crippen LogP contribution in [0, 0.1) is 6.92 Å².